The Bertz CT molecular complexity index is 1090. The summed E-state index contributed by atoms with van der Waals surface area (Å²) in [5.74, 6) is -0.819. The number of aromatic nitrogens is 1. The molecule has 1 fully saturated rings. The van der Waals surface area contributed by atoms with Gasteiger partial charge in [-0.25, -0.2) is 4.79 Å². The van der Waals surface area contributed by atoms with Gasteiger partial charge in [-0.2, -0.15) is 5.01 Å². The second-order valence-electron chi connectivity index (χ2n) is 7.78. The van der Waals surface area contributed by atoms with Crippen molar-refractivity contribution in [3.8, 4) is 0 Å². The van der Waals surface area contributed by atoms with Gasteiger partial charge in [0.15, 0.2) is 0 Å². The van der Waals surface area contributed by atoms with Gasteiger partial charge < -0.3 is 10.3 Å². The van der Waals surface area contributed by atoms with E-state index in [9.17, 15) is 14.4 Å². The first-order valence-electron chi connectivity index (χ1n) is 10.0. The maximum atomic E-state index is 12.8. The number of H-pyrrole nitrogens is 1. The Labute approximate surface area is 174 Å². The summed E-state index contributed by atoms with van der Waals surface area (Å²) in [6, 6.07) is 17.0. The van der Waals surface area contributed by atoms with Crippen molar-refractivity contribution in [3.63, 3.8) is 0 Å². The Hall–Kier alpha value is -3.61. The monoisotopic (exact) mass is 404 g/mol. The number of para-hydroxylation sites is 1. The highest BCUT2D eigenvalue weighted by Crippen LogP contribution is 2.23. The smallest absolute Gasteiger partial charge is 0.344 e. The minimum Gasteiger partial charge on any atom is -0.361 e. The second kappa shape index (κ2) is 8.02. The number of benzene rings is 2. The van der Waals surface area contributed by atoms with Crippen LogP contribution in [0.4, 0.5) is 4.79 Å². The van der Waals surface area contributed by atoms with Crippen molar-refractivity contribution in [2.24, 2.45) is 0 Å². The van der Waals surface area contributed by atoms with Crippen LogP contribution in [0.15, 0.2) is 60.8 Å². The number of hydrazine groups is 1. The maximum Gasteiger partial charge on any atom is 0.344 e. The molecular weight excluding hydrogens is 380 g/mol. The largest absolute Gasteiger partial charge is 0.361 e. The minimum atomic E-state index is -1.04. The lowest BCUT2D eigenvalue weighted by Gasteiger charge is -2.21. The van der Waals surface area contributed by atoms with Crippen molar-refractivity contribution in [3.05, 3.63) is 71.9 Å². The topological polar surface area (TPSA) is 94.3 Å². The fourth-order valence-electron chi connectivity index (χ4n) is 3.76. The van der Waals surface area contributed by atoms with Gasteiger partial charge in [-0.15, -0.1) is 0 Å². The maximum absolute atomic E-state index is 12.8. The van der Waals surface area contributed by atoms with Crippen LogP contribution in [0.3, 0.4) is 0 Å². The Morgan fingerprint density at radius 1 is 1.03 bits per heavy atom. The Morgan fingerprint density at radius 3 is 2.57 bits per heavy atom. The molecule has 1 aromatic heterocycles. The number of aryl methyl sites for hydroxylation is 2. The highest BCUT2D eigenvalue weighted by molar-refractivity contribution is 6.07. The Kier molecular flexibility index (Phi) is 5.27. The van der Waals surface area contributed by atoms with E-state index >= 15 is 0 Å². The lowest BCUT2D eigenvalue weighted by atomic mass is 9.93. The minimum absolute atomic E-state index is 0.166. The molecule has 154 valence electrons. The molecule has 0 spiro atoms. The third kappa shape index (κ3) is 3.91. The number of aromatic amines is 1. The molecule has 1 aliphatic rings. The number of amides is 4. The van der Waals surface area contributed by atoms with Gasteiger partial charge in [0.05, 0.1) is 0 Å². The van der Waals surface area contributed by atoms with Crippen LogP contribution in [0.25, 0.3) is 10.9 Å². The zero-order valence-electron chi connectivity index (χ0n) is 16.8. The van der Waals surface area contributed by atoms with Gasteiger partial charge in [-0.05, 0) is 43.4 Å². The third-order valence-electron chi connectivity index (χ3n) is 5.55. The number of hydrogen-bond acceptors (Lipinski definition) is 3. The molecule has 0 aliphatic carbocycles. The predicted octanol–water partition coefficient (Wildman–Crippen LogP) is 3.08. The lowest BCUT2D eigenvalue weighted by Crippen LogP contribution is -2.49. The van der Waals surface area contributed by atoms with E-state index in [-0.39, 0.29) is 12.3 Å². The van der Waals surface area contributed by atoms with Crippen molar-refractivity contribution in [2.75, 3.05) is 0 Å². The molecule has 0 radical (unpaired) electrons. The van der Waals surface area contributed by atoms with E-state index in [1.807, 2.05) is 60.8 Å². The van der Waals surface area contributed by atoms with Crippen molar-refractivity contribution in [1.29, 1.82) is 0 Å². The summed E-state index contributed by atoms with van der Waals surface area (Å²) in [7, 11) is 0. The van der Waals surface area contributed by atoms with Gasteiger partial charge in [0.25, 0.3) is 5.91 Å². The first-order chi connectivity index (χ1) is 14.5. The predicted molar refractivity (Wildman–Crippen MR) is 113 cm³/mol. The Morgan fingerprint density at radius 2 is 1.77 bits per heavy atom. The van der Waals surface area contributed by atoms with Gasteiger partial charge in [-0.3, -0.25) is 15.0 Å². The van der Waals surface area contributed by atoms with Crippen LogP contribution in [0.1, 0.15) is 30.9 Å². The average molecular weight is 404 g/mol. The number of nitrogens with one attached hydrogen (secondary N) is 3. The number of carbonyl (C=O) groups is 3. The van der Waals surface area contributed by atoms with Crippen LogP contribution in [-0.2, 0) is 22.4 Å². The molecule has 2 aromatic carbocycles. The van der Waals surface area contributed by atoms with Gasteiger partial charge in [0, 0.05) is 23.5 Å². The Balaban J connectivity index is 1.35. The van der Waals surface area contributed by atoms with E-state index in [1.165, 1.54) is 0 Å². The van der Waals surface area contributed by atoms with Crippen LogP contribution < -0.4 is 10.7 Å². The fourth-order valence-corrected chi connectivity index (χ4v) is 3.76. The number of nitrogens with zero attached hydrogens (tertiary/aromatic N) is 1. The fraction of sp³-hybridized carbons (Fsp3) is 0.261. The molecule has 1 aliphatic heterocycles. The number of rotatable bonds is 7. The summed E-state index contributed by atoms with van der Waals surface area (Å²) in [5, 5.41) is 4.59. The quantitative estimate of drug-likeness (QED) is 0.528. The first-order valence-corrected chi connectivity index (χ1v) is 10.0. The molecule has 0 saturated carbocycles. The number of hydrogen-bond donors (Lipinski definition) is 3. The molecular formula is C23H24N4O3. The summed E-state index contributed by atoms with van der Waals surface area (Å²) in [6.45, 7) is 1.69. The highest BCUT2D eigenvalue weighted by Gasteiger charge is 2.48. The molecule has 7 heteroatoms. The molecule has 3 N–H and O–H groups in total. The second-order valence-corrected chi connectivity index (χ2v) is 7.78. The van der Waals surface area contributed by atoms with E-state index in [2.05, 4.69) is 15.7 Å². The molecule has 4 rings (SSSR count). The average Bonchev–Trinajstić information content (AvgIpc) is 3.26. The summed E-state index contributed by atoms with van der Waals surface area (Å²) in [4.78, 5) is 40.7. The molecule has 0 bridgehead atoms. The summed E-state index contributed by atoms with van der Waals surface area (Å²) in [5.41, 5.74) is 4.53. The van der Waals surface area contributed by atoms with E-state index < -0.39 is 17.5 Å². The molecule has 7 nitrogen and oxygen atoms in total. The first kappa shape index (κ1) is 19.7. The zero-order valence-corrected chi connectivity index (χ0v) is 16.8. The summed E-state index contributed by atoms with van der Waals surface area (Å²) >= 11 is 0. The third-order valence-corrected chi connectivity index (χ3v) is 5.55. The SMILES string of the molecule is C[C@]1(CCc2ccccc2)NC(=O)N(NC(=O)CCc2c[nH]c3ccccc23)C1=O. The molecule has 1 atom stereocenters. The number of imide groups is 1. The van der Waals surface area contributed by atoms with Crippen molar-refractivity contribution >= 4 is 28.7 Å². The van der Waals surface area contributed by atoms with Crippen LogP contribution >= 0.6 is 0 Å². The standard InChI is InChI=1S/C23H24N4O3/c1-23(14-13-16-7-3-2-4-8-16)21(29)27(22(30)25-23)26-20(28)12-11-17-15-24-19-10-6-5-9-18(17)19/h2-10,15,24H,11-14H2,1H3,(H,25,30)(H,26,28)/t23-/m1/s1. The van der Waals surface area contributed by atoms with E-state index in [1.54, 1.807) is 6.92 Å². The van der Waals surface area contributed by atoms with Crippen LogP contribution in [-0.4, -0.2) is 33.4 Å². The summed E-state index contributed by atoms with van der Waals surface area (Å²) in [6.07, 6.45) is 3.64. The zero-order chi connectivity index (χ0) is 21.1. The molecule has 2 heterocycles. The molecule has 4 amide bonds. The molecule has 3 aromatic rings. The van der Waals surface area contributed by atoms with Gasteiger partial charge in [0.1, 0.15) is 5.54 Å². The highest BCUT2D eigenvalue weighted by atomic mass is 16.2. The van der Waals surface area contributed by atoms with Gasteiger partial charge in [0.2, 0.25) is 5.91 Å². The van der Waals surface area contributed by atoms with E-state index in [0.29, 0.717) is 19.3 Å². The molecule has 1 saturated heterocycles. The van der Waals surface area contributed by atoms with Crippen LogP contribution in [0.5, 0.6) is 0 Å². The normalized spacial score (nSPS) is 18.6. The van der Waals surface area contributed by atoms with Crippen molar-refractivity contribution in [2.45, 2.75) is 38.1 Å². The van der Waals surface area contributed by atoms with Crippen molar-refractivity contribution in [1.82, 2.24) is 20.7 Å². The van der Waals surface area contributed by atoms with Crippen LogP contribution in [0, 0.1) is 0 Å². The molecule has 30 heavy (non-hydrogen) atoms. The lowest BCUT2D eigenvalue weighted by molar-refractivity contribution is -0.138. The van der Waals surface area contributed by atoms with Gasteiger partial charge >= 0.3 is 6.03 Å². The van der Waals surface area contributed by atoms with E-state index in [0.717, 1.165) is 27.0 Å². The van der Waals surface area contributed by atoms with E-state index in [4.69, 9.17) is 0 Å². The number of carbonyl (C=O) groups excluding carboxylic acids is 3. The van der Waals surface area contributed by atoms with Crippen molar-refractivity contribution < 1.29 is 14.4 Å². The van der Waals surface area contributed by atoms with Crippen LogP contribution in [0.2, 0.25) is 0 Å². The van der Waals surface area contributed by atoms with Gasteiger partial charge in [-0.1, -0.05) is 48.5 Å². The number of fused-ring (bicyclic) bond motifs is 1. The molecule has 0 unspecified atom stereocenters. The number of urea groups is 1. The summed E-state index contributed by atoms with van der Waals surface area (Å²) < 4.78 is 0.